The number of benzene rings is 1. The van der Waals surface area contributed by atoms with Gasteiger partial charge in [-0.1, -0.05) is 0 Å². The number of anilines is 1. The van der Waals surface area contributed by atoms with Gasteiger partial charge in [0.1, 0.15) is 5.82 Å². The number of rotatable bonds is 4. The summed E-state index contributed by atoms with van der Waals surface area (Å²) < 4.78 is 14.1. The third-order valence-corrected chi connectivity index (χ3v) is 4.84. The van der Waals surface area contributed by atoms with E-state index in [0.29, 0.717) is 24.3 Å². The predicted molar refractivity (Wildman–Crippen MR) is 94.0 cm³/mol. The molecule has 0 bridgehead atoms. The first-order valence-electron chi connectivity index (χ1n) is 7.90. The van der Waals surface area contributed by atoms with Gasteiger partial charge in [0.05, 0.1) is 16.9 Å². The lowest BCUT2D eigenvalue weighted by Crippen LogP contribution is -2.48. The van der Waals surface area contributed by atoms with Crippen LogP contribution in [0.3, 0.4) is 0 Å². The average molecular weight is 348 g/mol. The van der Waals surface area contributed by atoms with Gasteiger partial charge < -0.3 is 9.80 Å². The number of piperazine rings is 1. The van der Waals surface area contributed by atoms with Crippen LogP contribution >= 0.6 is 11.3 Å². The second-order valence-corrected chi connectivity index (χ2v) is 6.83. The summed E-state index contributed by atoms with van der Waals surface area (Å²) in [4.78, 5) is 22.6. The standard InChI is InChI=1S/C17H21FN4OS/c1-20(2)16-4-3-13(9-15(16)18)17(23)22-7-5-21(6-8-22)10-14-11-24-12-19-14/h3-4,9,11-12H,5-8,10H2,1-2H3. The van der Waals surface area contributed by atoms with E-state index in [0.717, 1.165) is 25.3 Å². The Morgan fingerprint density at radius 2 is 2.04 bits per heavy atom. The van der Waals surface area contributed by atoms with Crippen LogP contribution < -0.4 is 4.90 Å². The number of aromatic nitrogens is 1. The summed E-state index contributed by atoms with van der Waals surface area (Å²) in [6, 6.07) is 4.68. The molecule has 1 fully saturated rings. The number of carbonyl (C=O) groups excluding carboxylic acids is 1. The van der Waals surface area contributed by atoms with Gasteiger partial charge in [0, 0.05) is 57.8 Å². The van der Waals surface area contributed by atoms with Crippen molar-refractivity contribution in [2.24, 2.45) is 0 Å². The Morgan fingerprint density at radius 3 is 2.62 bits per heavy atom. The largest absolute Gasteiger partial charge is 0.375 e. The quantitative estimate of drug-likeness (QED) is 0.850. The van der Waals surface area contributed by atoms with Crippen molar-refractivity contribution >= 4 is 22.9 Å². The SMILES string of the molecule is CN(C)c1ccc(C(=O)N2CCN(Cc3cscn3)CC2)cc1F. The van der Waals surface area contributed by atoms with Crippen LogP contribution in [0.5, 0.6) is 0 Å². The summed E-state index contributed by atoms with van der Waals surface area (Å²) in [5, 5.41) is 2.05. The lowest BCUT2D eigenvalue weighted by Gasteiger charge is -2.34. The van der Waals surface area contributed by atoms with Crippen LogP contribution in [-0.2, 0) is 6.54 Å². The summed E-state index contributed by atoms with van der Waals surface area (Å²) in [7, 11) is 3.56. The molecular weight excluding hydrogens is 327 g/mol. The lowest BCUT2D eigenvalue weighted by atomic mass is 10.1. The Balaban J connectivity index is 1.60. The minimum absolute atomic E-state index is 0.104. The summed E-state index contributed by atoms with van der Waals surface area (Å²) in [6.07, 6.45) is 0. The molecule has 1 amide bonds. The molecule has 24 heavy (non-hydrogen) atoms. The van der Waals surface area contributed by atoms with Crippen molar-refractivity contribution in [3.05, 3.63) is 46.2 Å². The highest BCUT2D eigenvalue weighted by Crippen LogP contribution is 2.20. The molecule has 1 aliphatic rings. The average Bonchev–Trinajstić information content (AvgIpc) is 3.07. The molecule has 1 aromatic heterocycles. The van der Waals surface area contributed by atoms with Gasteiger partial charge in [-0.15, -0.1) is 11.3 Å². The Bertz CT molecular complexity index is 697. The molecular formula is C17H21FN4OS. The summed E-state index contributed by atoms with van der Waals surface area (Å²) >= 11 is 1.59. The lowest BCUT2D eigenvalue weighted by molar-refractivity contribution is 0.0627. The molecule has 0 radical (unpaired) electrons. The first-order chi connectivity index (χ1) is 11.5. The zero-order valence-corrected chi connectivity index (χ0v) is 14.7. The molecule has 0 N–H and O–H groups in total. The van der Waals surface area contributed by atoms with E-state index in [4.69, 9.17) is 0 Å². The van der Waals surface area contributed by atoms with E-state index in [1.165, 1.54) is 6.07 Å². The molecule has 2 aromatic rings. The molecule has 2 heterocycles. The van der Waals surface area contributed by atoms with Crippen molar-refractivity contribution in [2.45, 2.75) is 6.54 Å². The fraction of sp³-hybridized carbons (Fsp3) is 0.412. The zero-order chi connectivity index (χ0) is 17.1. The molecule has 7 heteroatoms. The van der Waals surface area contributed by atoms with Crippen LogP contribution in [0, 0.1) is 5.82 Å². The van der Waals surface area contributed by atoms with Crippen LogP contribution in [-0.4, -0.2) is 61.0 Å². The minimum atomic E-state index is -0.368. The molecule has 1 saturated heterocycles. The monoisotopic (exact) mass is 348 g/mol. The fourth-order valence-corrected chi connectivity index (χ4v) is 3.39. The maximum Gasteiger partial charge on any atom is 0.254 e. The Morgan fingerprint density at radius 1 is 1.29 bits per heavy atom. The third-order valence-electron chi connectivity index (χ3n) is 4.21. The van der Waals surface area contributed by atoms with Crippen LogP contribution in [0.4, 0.5) is 10.1 Å². The molecule has 5 nitrogen and oxygen atoms in total. The van der Waals surface area contributed by atoms with Gasteiger partial charge in [0.15, 0.2) is 0 Å². The number of hydrogen-bond donors (Lipinski definition) is 0. The van der Waals surface area contributed by atoms with E-state index in [1.54, 1.807) is 47.4 Å². The molecule has 1 aliphatic heterocycles. The molecule has 0 unspecified atom stereocenters. The molecule has 128 valence electrons. The first kappa shape index (κ1) is 16.9. The summed E-state index contributed by atoms with van der Waals surface area (Å²) in [5.41, 5.74) is 3.80. The molecule has 1 aromatic carbocycles. The van der Waals surface area contributed by atoms with Crippen molar-refractivity contribution in [3.8, 4) is 0 Å². The van der Waals surface area contributed by atoms with Crippen LogP contribution in [0.15, 0.2) is 29.1 Å². The highest BCUT2D eigenvalue weighted by molar-refractivity contribution is 7.07. The molecule has 0 spiro atoms. The zero-order valence-electron chi connectivity index (χ0n) is 13.9. The maximum atomic E-state index is 14.1. The van der Waals surface area contributed by atoms with Crippen LogP contribution in [0.2, 0.25) is 0 Å². The number of carbonyl (C=O) groups is 1. The van der Waals surface area contributed by atoms with Gasteiger partial charge in [-0.2, -0.15) is 0 Å². The van der Waals surface area contributed by atoms with Gasteiger partial charge in [-0.3, -0.25) is 9.69 Å². The van der Waals surface area contributed by atoms with Crippen molar-refractivity contribution in [1.82, 2.24) is 14.8 Å². The number of amides is 1. The second kappa shape index (κ2) is 7.27. The van der Waals surface area contributed by atoms with E-state index >= 15 is 0 Å². The topological polar surface area (TPSA) is 39.7 Å². The maximum absolute atomic E-state index is 14.1. The molecule has 0 aliphatic carbocycles. The van der Waals surface area contributed by atoms with E-state index in [-0.39, 0.29) is 11.7 Å². The fourth-order valence-electron chi connectivity index (χ4n) is 2.84. The Kier molecular flexibility index (Phi) is 5.11. The summed E-state index contributed by atoms with van der Waals surface area (Å²) in [5.74, 6) is -0.472. The smallest absolute Gasteiger partial charge is 0.254 e. The van der Waals surface area contributed by atoms with Crippen molar-refractivity contribution < 1.29 is 9.18 Å². The predicted octanol–water partition coefficient (Wildman–Crippen LogP) is 2.31. The Hall–Kier alpha value is -1.99. The molecule has 0 atom stereocenters. The van der Waals surface area contributed by atoms with E-state index < -0.39 is 0 Å². The van der Waals surface area contributed by atoms with Crippen molar-refractivity contribution in [2.75, 3.05) is 45.2 Å². The number of hydrogen-bond acceptors (Lipinski definition) is 5. The van der Waals surface area contributed by atoms with Crippen molar-refractivity contribution in [1.29, 1.82) is 0 Å². The second-order valence-electron chi connectivity index (χ2n) is 6.11. The van der Waals surface area contributed by atoms with Gasteiger partial charge in [-0.25, -0.2) is 9.37 Å². The van der Waals surface area contributed by atoms with E-state index in [9.17, 15) is 9.18 Å². The van der Waals surface area contributed by atoms with Crippen LogP contribution in [0.25, 0.3) is 0 Å². The summed E-state index contributed by atoms with van der Waals surface area (Å²) in [6.45, 7) is 3.74. The highest BCUT2D eigenvalue weighted by atomic mass is 32.1. The van der Waals surface area contributed by atoms with E-state index in [2.05, 4.69) is 9.88 Å². The number of thiazole rings is 1. The Labute approximate surface area is 145 Å². The van der Waals surface area contributed by atoms with Gasteiger partial charge in [-0.05, 0) is 18.2 Å². The van der Waals surface area contributed by atoms with Gasteiger partial charge >= 0.3 is 0 Å². The number of nitrogens with zero attached hydrogens (tertiary/aromatic N) is 4. The van der Waals surface area contributed by atoms with Crippen molar-refractivity contribution in [3.63, 3.8) is 0 Å². The van der Waals surface area contributed by atoms with Gasteiger partial charge in [0.25, 0.3) is 5.91 Å². The first-order valence-corrected chi connectivity index (χ1v) is 8.84. The van der Waals surface area contributed by atoms with Crippen LogP contribution in [0.1, 0.15) is 16.1 Å². The molecule has 0 saturated carbocycles. The highest BCUT2D eigenvalue weighted by Gasteiger charge is 2.23. The normalized spacial score (nSPS) is 15.5. The van der Waals surface area contributed by atoms with E-state index in [1.807, 2.05) is 10.9 Å². The minimum Gasteiger partial charge on any atom is -0.375 e. The third kappa shape index (κ3) is 3.73. The number of halogens is 1. The van der Waals surface area contributed by atoms with Gasteiger partial charge in [0.2, 0.25) is 0 Å². The molecule has 3 rings (SSSR count).